The number of nitrogens with zero attached hydrogens (tertiary/aromatic N) is 1. The number of nitrogens with one attached hydrogen (secondary N) is 1. The third kappa shape index (κ3) is 5.87. The first-order valence-electron chi connectivity index (χ1n) is 6.86. The fraction of sp³-hybridized carbons (Fsp3) is 0.786. The molecule has 0 aromatic carbocycles. The van der Waals surface area contributed by atoms with E-state index in [1.807, 2.05) is 11.0 Å². The molecule has 1 saturated heterocycles. The van der Waals surface area contributed by atoms with Crippen molar-refractivity contribution in [3.8, 4) is 0 Å². The first-order chi connectivity index (χ1) is 8.24. The van der Waals surface area contributed by atoms with Crippen LogP contribution in [0, 0.1) is 0 Å². The molecular formula is C14H26N2O. The summed E-state index contributed by atoms with van der Waals surface area (Å²) < 4.78 is 0. The summed E-state index contributed by atoms with van der Waals surface area (Å²) in [7, 11) is 0. The van der Waals surface area contributed by atoms with Crippen molar-refractivity contribution < 1.29 is 4.79 Å². The fourth-order valence-electron chi connectivity index (χ4n) is 2.20. The average Bonchev–Trinajstić information content (AvgIpc) is 2.37. The summed E-state index contributed by atoms with van der Waals surface area (Å²) >= 11 is 0. The molecule has 1 aliphatic rings. The minimum absolute atomic E-state index is 0.313. The van der Waals surface area contributed by atoms with Crippen molar-refractivity contribution in [2.75, 3.05) is 19.6 Å². The van der Waals surface area contributed by atoms with Gasteiger partial charge in [0.2, 0.25) is 5.91 Å². The Bertz CT molecular complexity index is 234. The molecule has 0 aromatic heterocycles. The van der Waals surface area contributed by atoms with Gasteiger partial charge < -0.3 is 10.2 Å². The molecule has 1 unspecified atom stereocenters. The normalized spacial score (nSPS) is 17.8. The van der Waals surface area contributed by atoms with E-state index >= 15 is 0 Å². The summed E-state index contributed by atoms with van der Waals surface area (Å²) in [5.41, 5.74) is 0. The smallest absolute Gasteiger partial charge is 0.223 e. The van der Waals surface area contributed by atoms with Gasteiger partial charge in [0.15, 0.2) is 0 Å². The maximum absolute atomic E-state index is 11.9. The Balaban J connectivity index is 2.08. The standard InChI is InChI=1S/C14H26N2O/c1-3-4-8-13(2)15-10-9-14(17)16-11-6-5-7-12-16/h3,13,15H,1,4-12H2,2H3. The molecule has 0 spiro atoms. The highest BCUT2D eigenvalue weighted by Crippen LogP contribution is 2.09. The molecule has 1 heterocycles. The van der Waals surface area contributed by atoms with Crippen LogP contribution in [0.25, 0.3) is 0 Å². The number of hydrogen-bond acceptors (Lipinski definition) is 2. The van der Waals surface area contributed by atoms with Gasteiger partial charge in [0.1, 0.15) is 0 Å². The highest BCUT2D eigenvalue weighted by molar-refractivity contribution is 5.76. The zero-order valence-corrected chi connectivity index (χ0v) is 11.1. The van der Waals surface area contributed by atoms with Crippen LogP contribution in [0.2, 0.25) is 0 Å². The van der Waals surface area contributed by atoms with Gasteiger partial charge in [0.05, 0.1) is 0 Å². The molecule has 17 heavy (non-hydrogen) atoms. The van der Waals surface area contributed by atoms with Crippen LogP contribution in [0.3, 0.4) is 0 Å². The molecular weight excluding hydrogens is 212 g/mol. The van der Waals surface area contributed by atoms with E-state index in [0.29, 0.717) is 18.4 Å². The molecule has 3 heteroatoms. The molecule has 1 N–H and O–H groups in total. The molecule has 1 fully saturated rings. The predicted octanol–water partition coefficient (Wildman–Crippen LogP) is 2.33. The zero-order valence-electron chi connectivity index (χ0n) is 11.1. The Morgan fingerprint density at radius 3 is 2.76 bits per heavy atom. The van der Waals surface area contributed by atoms with Gasteiger partial charge in [-0.15, -0.1) is 6.58 Å². The summed E-state index contributed by atoms with van der Waals surface area (Å²) in [5, 5.41) is 3.39. The first-order valence-corrected chi connectivity index (χ1v) is 6.86. The molecule has 1 amide bonds. The van der Waals surface area contributed by atoms with Crippen LogP contribution in [-0.2, 0) is 4.79 Å². The number of likely N-dealkylation sites (tertiary alicyclic amines) is 1. The van der Waals surface area contributed by atoms with Crippen LogP contribution in [0.5, 0.6) is 0 Å². The van der Waals surface area contributed by atoms with Crippen LogP contribution < -0.4 is 5.32 Å². The van der Waals surface area contributed by atoms with E-state index in [-0.39, 0.29) is 0 Å². The minimum atomic E-state index is 0.313. The van der Waals surface area contributed by atoms with Crippen molar-refractivity contribution in [1.82, 2.24) is 10.2 Å². The molecule has 1 atom stereocenters. The summed E-state index contributed by atoms with van der Waals surface area (Å²) in [6, 6.07) is 0.474. The Labute approximate surface area is 105 Å². The van der Waals surface area contributed by atoms with Crippen molar-refractivity contribution in [1.29, 1.82) is 0 Å². The van der Waals surface area contributed by atoms with Gasteiger partial charge in [0, 0.05) is 32.1 Å². The Hall–Kier alpha value is -0.830. The Kier molecular flexibility index (Phi) is 6.94. The van der Waals surface area contributed by atoms with Crippen molar-refractivity contribution in [3.63, 3.8) is 0 Å². The Morgan fingerprint density at radius 2 is 2.12 bits per heavy atom. The van der Waals surface area contributed by atoms with E-state index in [9.17, 15) is 4.79 Å². The van der Waals surface area contributed by atoms with Gasteiger partial charge in [-0.1, -0.05) is 6.08 Å². The number of amides is 1. The van der Waals surface area contributed by atoms with Crippen LogP contribution >= 0.6 is 0 Å². The summed E-state index contributed by atoms with van der Waals surface area (Å²) in [6.07, 6.45) is 8.34. The molecule has 0 aliphatic carbocycles. The van der Waals surface area contributed by atoms with Crippen LogP contribution in [0.4, 0.5) is 0 Å². The predicted molar refractivity (Wildman–Crippen MR) is 71.9 cm³/mol. The monoisotopic (exact) mass is 238 g/mol. The molecule has 1 aliphatic heterocycles. The van der Waals surface area contributed by atoms with Gasteiger partial charge in [0.25, 0.3) is 0 Å². The lowest BCUT2D eigenvalue weighted by molar-refractivity contribution is -0.131. The van der Waals surface area contributed by atoms with Gasteiger partial charge in [-0.25, -0.2) is 0 Å². The summed E-state index contributed by atoms with van der Waals surface area (Å²) in [6.45, 7) is 8.60. The number of hydrogen-bond donors (Lipinski definition) is 1. The number of carbonyl (C=O) groups is 1. The highest BCUT2D eigenvalue weighted by atomic mass is 16.2. The number of allylic oxidation sites excluding steroid dienone is 1. The lowest BCUT2D eigenvalue weighted by Crippen LogP contribution is -2.38. The van der Waals surface area contributed by atoms with Crippen molar-refractivity contribution in [2.45, 2.75) is 51.5 Å². The van der Waals surface area contributed by atoms with E-state index < -0.39 is 0 Å². The average molecular weight is 238 g/mol. The second-order valence-electron chi connectivity index (χ2n) is 4.91. The largest absolute Gasteiger partial charge is 0.343 e. The topological polar surface area (TPSA) is 32.3 Å². The second-order valence-corrected chi connectivity index (χ2v) is 4.91. The van der Waals surface area contributed by atoms with Gasteiger partial charge in [-0.2, -0.15) is 0 Å². The second kappa shape index (κ2) is 8.29. The number of piperidine rings is 1. The zero-order chi connectivity index (χ0) is 12.5. The van der Waals surface area contributed by atoms with Crippen molar-refractivity contribution in [3.05, 3.63) is 12.7 Å². The Morgan fingerprint density at radius 1 is 1.41 bits per heavy atom. The van der Waals surface area contributed by atoms with Gasteiger partial charge in [-0.3, -0.25) is 4.79 Å². The summed E-state index contributed by atoms with van der Waals surface area (Å²) in [5.74, 6) is 0.313. The molecule has 0 saturated carbocycles. The quantitative estimate of drug-likeness (QED) is 0.690. The third-order valence-electron chi connectivity index (χ3n) is 3.34. The molecule has 98 valence electrons. The van der Waals surface area contributed by atoms with E-state index in [4.69, 9.17) is 0 Å². The molecule has 0 bridgehead atoms. The minimum Gasteiger partial charge on any atom is -0.343 e. The fourth-order valence-corrected chi connectivity index (χ4v) is 2.20. The van der Waals surface area contributed by atoms with Crippen LogP contribution in [0.15, 0.2) is 12.7 Å². The molecule has 3 nitrogen and oxygen atoms in total. The van der Waals surface area contributed by atoms with E-state index in [1.54, 1.807) is 0 Å². The van der Waals surface area contributed by atoms with E-state index in [0.717, 1.165) is 32.5 Å². The number of rotatable bonds is 7. The molecule has 0 aromatic rings. The molecule has 0 radical (unpaired) electrons. The first kappa shape index (κ1) is 14.2. The maximum Gasteiger partial charge on any atom is 0.223 e. The van der Waals surface area contributed by atoms with Gasteiger partial charge >= 0.3 is 0 Å². The van der Waals surface area contributed by atoms with Gasteiger partial charge in [-0.05, 0) is 39.0 Å². The van der Waals surface area contributed by atoms with Crippen LogP contribution in [-0.4, -0.2) is 36.5 Å². The SMILES string of the molecule is C=CCCC(C)NCCC(=O)N1CCCCC1. The third-order valence-corrected chi connectivity index (χ3v) is 3.34. The van der Waals surface area contributed by atoms with Crippen molar-refractivity contribution >= 4 is 5.91 Å². The van der Waals surface area contributed by atoms with Crippen LogP contribution in [0.1, 0.15) is 45.4 Å². The lowest BCUT2D eigenvalue weighted by Gasteiger charge is -2.27. The maximum atomic E-state index is 11.9. The highest BCUT2D eigenvalue weighted by Gasteiger charge is 2.15. The summed E-state index contributed by atoms with van der Waals surface area (Å²) in [4.78, 5) is 13.9. The van der Waals surface area contributed by atoms with E-state index in [1.165, 1.54) is 19.3 Å². The molecule has 1 rings (SSSR count). The van der Waals surface area contributed by atoms with E-state index in [2.05, 4.69) is 18.8 Å². The lowest BCUT2D eigenvalue weighted by atomic mass is 10.1. The van der Waals surface area contributed by atoms with Crippen molar-refractivity contribution in [2.24, 2.45) is 0 Å². The number of carbonyl (C=O) groups excluding carboxylic acids is 1.